The van der Waals surface area contributed by atoms with Crippen LogP contribution in [-0.4, -0.2) is 0 Å². The summed E-state index contributed by atoms with van der Waals surface area (Å²) in [6, 6.07) is 8.59. The first-order valence-electron chi connectivity index (χ1n) is 12.4. The number of fused-ring (bicyclic) bond motifs is 3. The van der Waals surface area contributed by atoms with Crippen LogP contribution in [0, 0.1) is 18.7 Å². The van der Waals surface area contributed by atoms with Gasteiger partial charge in [0.2, 0.25) is 0 Å². The fourth-order valence-corrected chi connectivity index (χ4v) is 5.44. The third-order valence-corrected chi connectivity index (χ3v) is 7.45. The van der Waals surface area contributed by atoms with Crippen LogP contribution in [0.5, 0.6) is 5.75 Å². The van der Waals surface area contributed by atoms with Gasteiger partial charge >= 0.3 is 6.11 Å². The van der Waals surface area contributed by atoms with E-state index < -0.39 is 11.9 Å². The van der Waals surface area contributed by atoms with Gasteiger partial charge in [0.1, 0.15) is 0 Å². The Morgan fingerprint density at radius 3 is 2.34 bits per heavy atom. The van der Waals surface area contributed by atoms with Gasteiger partial charge in [0, 0.05) is 5.56 Å². The van der Waals surface area contributed by atoms with Crippen LogP contribution < -0.4 is 4.74 Å². The second-order valence-electron chi connectivity index (χ2n) is 9.77. The summed E-state index contributed by atoms with van der Waals surface area (Å²) in [7, 11) is 0. The second kappa shape index (κ2) is 9.89. The summed E-state index contributed by atoms with van der Waals surface area (Å²) in [6.45, 7) is 3.80. The highest BCUT2D eigenvalue weighted by Gasteiger charge is 2.43. The molecule has 0 saturated heterocycles. The molecule has 1 aliphatic carbocycles. The number of ether oxygens (including phenoxy) is 1. The molecule has 0 N–H and O–H groups in total. The van der Waals surface area contributed by atoms with E-state index in [-0.39, 0.29) is 11.3 Å². The van der Waals surface area contributed by atoms with Crippen molar-refractivity contribution in [2.75, 3.05) is 0 Å². The lowest BCUT2D eigenvalue weighted by Crippen LogP contribution is -2.27. The van der Waals surface area contributed by atoms with Crippen molar-refractivity contribution in [1.29, 1.82) is 0 Å². The van der Waals surface area contributed by atoms with Gasteiger partial charge in [-0.2, -0.15) is 8.78 Å². The number of alkyl halides is 2. The van der Waals surface area contributed by atoms with Crippen LogP contribution in [0.4, 0.5) is 13.2 Å². The van der Waals surface area contributed by atoms with Gasteiger partial charge in [0.15, 0.2) is 11.6 Å². The predicted octanol–water partition coefficient (Wildman–Crippen LogP) is 9.27. The van der Waals surface area contributed by atoms with Crippen molar-refractivity contribution in [3.8, 4) is 16.9 Å². The van der Waals surface area contributed by atoms with E-state index in [4.69, 9.17) is 4.74 Å². The summed E-state index contributed by atoms with van der Waals surface area (Å²) in [5.74, 6) is 0.0389. The van der Waals surface area contributed by atoms with Gasteiger partial charge in [-0.3, -0.25) is 0 Å². The van der Waals surface area contributed by atoms with E-state index in [0.29, 0.717) is 22.6 Å². The summed E-state index contributed by atoms with van der Waals surface area (Å²) in [5.41, 5.74) is 1.90. The molecular formula is C28H35F3O. The molecule has 0 bridgehead atoms. The second-order valence-corrected chi connectivity index (χ2v) is 9.77. The minimum Gasteiger partial charge on any atom is -0.425 e. The van der Waals surface area contributed by atoms with Gasteiger partial charge in [-0.1, -0.05) is 76.1 Å². The third-order valence-electron chi connectivity index (χ3n) is 7.45. The zero-order valence-electron chi connectivity index (χ0n) is 19.4. The Balaban J connectivity index is 1.41. The van der Waals surface area contributed by atoms with Crippen LogP contribution >= 0.6 is 0 Å². The minimum absolute atomic E-state index is 0.139. The molecule has 0 amide bonds. The van der Waals surface area contributed by atoms with Crippen molar-refractivity contribution in [2.24, 2.45) is 5.92 Å². The minimum atomic E-state index is -3.53. The fraction of sp³-hybridized carbons (Fsp3) is 0.571. The molecule has 4 rings (SSSR count). The molecule has 32 heavy (non-hydrogen) atoms. The van der Waals surface area contributed by atoms with Gasteiger partial charge < -0.3 is 4.74 Å². The quantitative estimate of drug-likeness (QED) is 0.369. The van der Waals surface area contributed by atoms with E-state index in [2.05, 4.69) is 6.92 Å². The van der Waals surface area contributed by atoms with Crippen LogP contribution in [0.1, 0.15) is 100 Å². The lowest BCUT2D eigenvalue weighted by atomic mass is 9.76. The van der Waals surface area contributed by atoms with Gasteiger partial charge in [0.05, 0.1) is 5.56 Å². The Bertz CT molecular complexity index is 929. The van der Waals surface area contributed by atoms with Gasteiger partial charge in [-0.05, 0) is 67.2 Å². The standard InChI is InChI=1S/C28H35F3O/c1-3-4-5-6-7-8-9-20-11-13-21(14-12-20)22-15-17-23-24-16-10-19(2)26(29)27(24)32-28(30,31)25(23)18-22/h10,15-18,20-21H,3-9,11-14H2,1-2H3. The molecular weight excluding hydrogens is 409 g/mol. The van der Waals surface area contributed by atoms with Crippen molar-refractivity contribution in [3.63, 3.8) is 0 Å². The van der Waals surface area contributed by atoms with Crippen molar-refractivity contribution in [2.45, 2.75) is 96.5 Å². The molecule has 0 spiro atoms. The first-order valence-corrected chi connectivity index (χ1v) is 12.4. The van der Waals surface area contributed by atoms with Crippen LogP contribution in [-0.2, 0) is 6.11 Å². The molecule has 0 aromatic heterocycles. The Morgan fingerprint density at radius 2 is 1.59 bits per heavy atom. The molecule has 0 radical (unpaired) electrons. The number of benzene rings is 2. The van der Waals surface area contributed by atoms with E-state index in [1.165, 1.54) is 57.8 Å². The Hall–Kier alpha value is -1.97. The van der Waals surface area contributed by atoms with Crippen LogP contribution in [0.3, 0.4) is 0 Å². The summed E-state index contributed by atoms with van der Waals surface area (Å²) >= 11 is 0. The molecule has 4 heteroatoms. The lowest BCUT2D eigenvalue weighted by molar-refractivity contribution is -0.188. The SMILES string of the molecule is CCCCCCCCC1CCC(c2ccc3c(c2)C(F)(F)Oc2c-3ccc(C)c2F)CC1. The maximum absolute atomic E-state index is 14.9. The number of halogens is 3. The average molecular weight is 445 g/mol. The average Bonchev–Trinajstić information content (AvgIpc) is 2.79. The molecule has 2 aliphatic rings. The molecule has 2 aromatic carbocycles. The van der Waals surface area contributed by atoms with Gasteiger partial charge in [-0.15, -0.1) is 0 Å². The topological polar surface area (TPSA) is 9.23 Å². The van der Waals surface area contributed by atoms with Crippen LogP contribution in [0.2, 0.25) is 0 Å². The van der Waals surface area contributed by atoms with Crippen molar-refractivity contribution in [1.82, 2.24) is 0 Å². The normalized spacial score (nSPS) is 21.5. The number of unbranched alkanes of at least 4 members (excludes halogenated alkanes) is 5. The van der Waals surface area contributed by atoms with E-state index in [0.717, 1.165) is 24.3 Å². The Labute approximate surface area is 190 Å². The van der Waals surface area contributed by atoms with E-state index in [9.17, 15) is 13.2 Å². The number of rotatable bonds is 8. The number of hydrogen-bond donors (Lipinski definition) is 0. The lowest BCUT2D eigenvalue weighted by Gasteiger charge is -2.32. The zero-order chi connectivity index (χ0) is 22.7. The smallest absolute Gasteiger partial charge is 0.425 e. The molecule has 0 atom stereocenters. The molecule has 174 valence electrons. The van der Waals surface area contributed by atoms with E-state index in [1.807, 2.05) is 6.07 Å². The molecule has 1 fully saturated rings. The summed E-state index contributed by atoms with van der Waals surface area (Å²) in [4.78, 5) is 0. The van der Waals surface area contributed by atoms with E-state index in [1.54, 1.807) is 31.2 Å². The summed E-state index contributed by atoms with van der Waals surface area (Å²) in [5, 5.41) is 0. The monoisotopic (exact) mass is 444 g/mol. The Morgan fingerprint density at radius 1 is 0.906 bits per heavy atom. The predicted molar refractivity (Wildman–Crippen MR) is 124 cm³/mol. The first-order chi connectivity index (χ1) is 15.4. The number of hydrogen-bond acceptors (Lipinski definition) is 1. The molecule has 1 nitrogen and oxygen atoms in total. The maximum Gasteiger partial charge on any atom is 0.427 e. The van der Waals surface area contributed by atoms with Crippen molar-refractivity contribution < 1.29 is 17.9 Å². The molecule has 1 saturated carbocycles. The highest BCUT2D eigenvalue weighted by Crippen LogP contribution is 2.50. The summed E-state index contributed by atoms with van der Waals surface area (Å²) < 4.78 is 49.0. The van der Waals surface area contributed by atoms with Crippen molar-refractivity contribution >= 4 is 0 Å². The molecule has 0 unspecified atom stereocenters. The molecule has 2 aromatic rings. The van der Waals surface area contributed by atoms with Crippen molar-refractivity contribution in [3.05, 3.63) is 52.8 Å². The van der Waals surface area contributed by atoms with Crippen LogP contribution in [0.15, 0.2) is 30.3 Å². The molecule has 1 aliphatic heterocycles. The van der Waals surface area contributed by atoms with E-state index >= 15 is 0 Å². The number of aryl methyl sites for hydroxylation is 1. The maximum atomic E-state index is 14.9. The Kier molecular flexibility index (Phi) is 7.17. The van der Waals surface area contributed by atoms with Gasteiger partial charge in [-0.25, -0.2) is 4.39 Å². The first kappa shape index (κ1) is 23.2. The highest BCUT2D eigenvalue weighted by molar-refractivity contribution is 5.77. The summed E-state index contributed by atoms with van der Waals surface area (Å²) in [6.07, 6.45) is 10.2. The highest BCUT2D eigenvalue weighted by atomic mass is 19.3. The third kappa shape index (κ3) is 4.84. The van der Waals surface area contributed by atoms with Crippen LogP contribution in [0.25, 0.3) is 11.1 Å². The van der Waals surface area contributed by atoms with Gasteiger partial charge in [0.25, 0.3) is 0 Å². The fourth-order valence-electron chi connectivity index (χ4n) is 5.44. The largest absolute Gasteiger partial charge is 0.427 e. The molecule has 1 heterocycles. The zero-order valence-corrected chi connectivity index (χ0v) is 19.4.